The molecule has 1 aromatic heterocycles. The summed E-state index contributed by atoms with van der Waals surface area (Å²) < 4.78 is 0. The summed E-state index contributed by atoms with van der Waals surface area (Å²) in [7, 11) is 0. The minimum atomic E-state index is -0.561. The topological polar surface area (TPSA) is 123 Å². The predicted molar refractivity (Wildman–Crippen MR) is 105 cm³/mol. The first kappa shape index (κ1) is 17.1. The highest BCUT2D eigenvalue weighted by Gasteiger charge is 2.15. The molecule has 0 bridgehead atoms. The summed E-state index contributed by atoms with van der Waals surface area (Å²) in [6.45, 7) is 0. The van der Waals surface area contributed by atoms with Crippen molar-refractivity contribution >= 4 is 24.3 Å². The highest BCUT2D eigenvalue weighted by Crippen LogP contribution is 2.19. The van der Waals surface area contributed by atoms with Crippen molar-refractivity contribution in [2.24, 2.45) is 10.1 Å². The number of carbonyl (C=O) groups excluding carboxylic acids is 1. The molecule has 0 unspecified atom stereocenters. The zero-order valence-corrected chi connectivity index (χ0v) is 14.4. The lowest BCUT2D eigenvalue weighted by Gasteiger charge is -2.06. The van der Waals surface area contributed by atoms with Gasteiger partial charge in [-0.2, -0.15) is 10.4 Å². The molecular weight excluding hydrogens is 356 g/mol. The first-order valence-corrected chi connectivity index (χ1v) is 8.27. The number of hydrazone groups is 1. The molecule has 1 aliphatic rings. The smallest absolute Gasteiger partial charge is 0.277 e. The fourth-order valence-corrected chi connectivity index (χ4v) is 2.75. The fraction of sp³-hybridized carbons (Fsp3) is 0. The number of fused-ring (bicyclic) bond motifs is 1. The number of nitriles is 1. The van der Waals surface area contributed by atoms with Gasteiger partial charge in [-0.25, -0.2) is 15.4 Å². The molecule has 0 fully saturated rings. The van der Waals surface area contributed by atoms with Crippen LogP contribution in [0.15, 0.2) is 63.4 Å². The number of aromatic amines is 1. The van der Waals surface area contributed by atoms with Crippen LogP contribution in [0.25, 0.3) is 11.3 Å². The molecule has 0 spiro atoms. The summed E-state index contributed by atoms with van der Waals surface area (Å²) in [5.41, 5.74) is 4.90. The molecular formula is C20H12N6O2. The second kappa shape index (κ2) is 7.09. The van der Waals surface area contributed by atoms with Crippen LogP contribution in [0.5, 0.6) is 0 Å². The number of hydrogen-bond donors (Lipinski definition) is 2. The first-order chi connectivity index (χ1) is 13.7. The molecule has 0 aliphatic carbocycles. The van der Waals surface area contributed by atoms with Crippen molar-refractivity contribution in [2.75, 3.05) is 5.43 Å². The Bertz CT molecular complexity index is 1240. The van der Waals surface area contributed by atoms with Gasteiger partial charge in [-0.05, 0) is 11.6 Å². The molecule has 1 amide bonds. The summed E-state index contributed by atoms with van der Waals surface area (Å²) in [6.07, 6.45) is 3.01. The number of anilines is 1. The van der Waals surface area contributed by atoms with E-state index in [9.17, 15) is 14.9 Å². The second-order valence-corrected chi connectivity index (χ2v) is 5.90. The number of aliphatic imine (C=N–C) groups is 1. The van der Waals surface area contributed by atoms with E-state index in [1.54, 1.807) is 42.5 Å². The van der Waals surface area contributed by atoms with Gasteiger partial charge < -0.3 is 0 Å². The Morgan fingerprint density at radius 1 is 1.14 bits per heavy atom. The highest BCUT2D eigenvalue weighted by molar-refractivity contribution is 6.13. The molecule has 2 N–H and O–H groups in total. The number of benzene rings is 2. The third kappa shape index (κ3) is 3.20. The van der Waals surface area contributed by atoms with Crippen LogP contribution in [0, 0.1) is 11.3 Å². The van der Waals surface area contributed by atoms with E-state index in [4.69, 9.17) is 0 Å². The lowest BCUT2D eigenvalue weighted by atomic mass is 10.1. The van der Waals surface area contributed by atoms with Gasteiger partial charge in [0.1, 0.15) is 11.6 Å². The molecule has 2 heterocycles. The van der Waals surface area contributed by atoms with Crippen LogP contribution in [-0.4, -0.2) is 28.3 Å². The molecule has 8 heteroatoms. The average molecular weight is 368 g/mol. The molecule has 4 rings (SSSR count). The number of carbonyl (C=O) groups is 1. The summed E-state index contributed by atoms with van der Waals surface area (Å²) in [4.78, 5) is 34.4. The second-order valence-electron chi connectivity index (χ2n) is 5.90. The Morgan fingerprint density at radius 3 is 2.75 bits per heavy atom. The van der Waals surface area contributed by atoms with Gasteiger partial charge in [-0.1, -0.05) is 42.5 Å². The van der Waals surface area contributed by atoms with Gasteiger partial charge in [0.2, 0.25) is 5.95 Å². The van der Waals surface area contributed by atoms with Gasteiger partial charge >= 0.3 is 0 Å². The predicted octanol–water partition coefficient (Wildman–Crippen LogP) is 2.33. The van der Waals surface area contributed by atoms with Crippen LogP contribution in [0.4, 0.5) is 5.95 Å². The number of aromatic nitrogens is 2. The highest BCUT2D eigenvalue weighted by atomic mass is 16.1. The minimum absolute atomic E-state index is 0.0714. The summed E-state index contributed by atoms with van der Waals surface area (Å²) in [5.74, 6) is -0.191. The number of nitrogens with one attached hydrogen (secondary N) is 2. The van der Waals surface area contributed by atoms with Gasteiger partial charge in [0.05, 0.1) is 17.5 Å². The van der Waals surface area contributed by atoms with E-state index in [0.717, 1.165) is 5.56 Å². The van der Waals surface area contributed by atoms with Crippen molar-refractivity contribution < 1.29 is 4.79 Å². The Kier molecular flexibility index (Phi) is 4.32. The third-order valence-corrected chi connectivity index (χ3v) is 4.09. The largest absolute Gasteiger partial charge is 0.290 e. The van der Waals surface area contributed by atoms with E-state index in [-0.39, 0.29) is 23.1 Å². The Morgan fingerprint density at radius 2 is 1.96 bits per heavy atom. The van der Waals surface area contributed by atoms with Gasteiger partial charge in [0, 0.05) is 17.3 Å². The Labute approximate surface area is 158 Å². The zero-order chi connectivity index (χ0) is 19.5. The SMILES string of the molecule is N#Cc1c(-c2ccccc2)nc(NN=Cc2ccc3c(c2)C(=O)N=C3)[nH]c1=O. The van der Waals surface area contributed by atoms with Crippen LogP contribution in [0.1, 0.15) is 27.0 Å². The summed E-state index contributed by atoms with van der Waals surface area (Å²) >= 11 is 0. The third-order valence-electron chi connectivity index (χ3n) is 4.09. The first-order valence-electron chi connectivity index (χ1n) is 8.27. The lowest BCUT2D eigenvalue weighted by molar-refractivity contribution is 0.101. The minimum Gasteiger partial charge on any atom is -0.290 e. The van der Waals surface area contributed by atoms with Crippen molar-refractivity contribution in [1.82, 2.24) is 9.97 Å². The monoisotopic (exact) mass is 368 g/mol. The number of nitrogens with zero attached hydrogens (tertiary/aromatic N) is 4. The number of hydrogen-bond acceptors (Lipinski definition) is 6. The zero-order valence-electron chi connectivity index (χ0n) is 14.4. The normalized spacial score (nSPS) is 12.2. The van der Waals surface area contributed by atoms with E-state index in [2.05, 4.69) is 25.5 Å². The van der Waals surface area contributed by atoms with Gasteiger partial charge in [0.25, 0.3) is 11.5 Å². The summed E-state index contributed by atoms with van der Waals surface area (Å²) in [5, 5.41) is 13.3. The Balaban J connectivity index is 1.61. The molecule has 2 aromatic carbocycles. The molecule has 0 saturated heterocycles. The molecule has 1 aliphatic heterocycles. The maximum Gasteiger partial charge on any atom is 0.277 e. The van der Waals surface area contributed by atoms with Gasteiger partial charge in [-0.3, -0.25) is 14.6 Å². The van der Waals surface area contributed by atoms with Gasteiger partial charge in [-0.15, -0.1) is 0 Å². The Hall–Kier alpha value is -4.38. The number of H-pyrrole nitrogens is 1. The molecule has 0 saturated carbocycles. The van der Waals surface area contributed by atoms with Crippen molar-refractivity contribution in [3.63, 3.8) is 0 Å². The van der Waals surface area contributed by atoms with Crippen LogP contribution in [0.3, 0.4) is 0 Å². The standard InChI is InChI=1S/C20H12N6O2/c21-9-16-17(13-4-2-1-3-5-13)24-20(25-19(16)28)26-23-10-12-6-7-14-11-22-18(27)15(14)8-12/h1-8,10-11H,(H2,24,25,26,28). The molecule has 134 valence electrons. The lowest BCUT2D eigenvalue weighted by Crippen LogP contribution is -2.16. The van der Waals surface area contributed by atoms with Crippen molar-refractivity contribution in [3.05, 3.63) is 81.1 Å². The maximum atomic E-state index is 12.2. The quantitative estimate of drug-likeness (QED) is 0.540. The van der Waals surface area contributed by atoms with E-state index in [1.807, 2.05) is 12.1 Å². The van der Waals surface area contributed by atoms with Gasteiger partial charge in [0.15, 0.2) is 0 Å². The van der Waals surface area contributed by atoms with Crippen LogP contribution in [0.2, 0.25) is 0 Å². The van der Waals surface area contributed by atoms with E-state index in [1.165, 1.54) is 12.4 Å². The average Bonchev–Trinajstić information content (AvgIpc) is 3.09. The molecule has 28 heavy (non-hydrogen) atoms. The molecule has 3 aromatic rings. The molecule has 0 radical (unpaired) electrons. The van der Waals surface area contributed by atoms with E-state index < -0.39 is 5.56 Å². The summed E-state index contributed by atoms with van der Waals surface area (Å²) in [6, 6.07) is 16.1. The van der Waals surface area contributed by atoms with Crippen molar-refractivity contribution in [3.8, 4) is 17.3 Å². The van der Waals surface area contributed by atoms with Crippen LogP contribution < -0.4 is 11.0 Å². The van der Waals surface area contributed by atoms with E-state index in [0.29, 0.717) is 16.7 Å². The molecule has 0 atom stereocenters. The molecule has 8 nitrogen and oxygen atoms in total. The number of rotatable bonds is 4. The van der Waals surface area contributed by atoms with Crippen molar-refractivity contribution in [1.29, 1.82) is 5.26 Å². The van der Waals surface area contributed by atoms with Crippen LogP contribution >= 0.6 is 0 Å². The van der Waals surface area contributed by atoms with Crippen LogP contribution in [-0.2, 0) is 0 Å². The fourth-order valence-electron chi connectivity index (χ4n) is 2.75. The van der Waals surface area contributed by atoms with Crippen molar-refractivity contribution in [2.45, 2.75) is 0 Å². The maximum absolute atomic E-state index is 12.2. The van der Waals surface area contributed by atoms with E-state index >= 15 is 0 Å². The number of amides is 1.